The van der Waals surface area contributed by atoms with Crippen LogP contribution in [0.1, 0.15) is 19.3 Å². The average molecular weight is 121 g/mol. The van der Waals surface area contributed by atoms with Gasteiger partial charge in [-0.25, -0.2) is 0 Å². The normalized spacial score (nSPS) is 60.2. The predicted molar refractivity (Wildman–Crippen MR) is 35.5 cm³/mol. The van der Waals surface area contributed by atoms with Crippen LogP contribution < -0.4 is 0 Å². The van der Waals surface area contributed by atoms with Crippen molar-refractivity contribution in [2.75, 3.05) is 0 Å². The highest BCUT2D eigenvalue weighted by molar-refractivity contribution is 5.88. The van der Waals surface area contributed by atoms with Crippen LogP contribution in [0.3, 0.4) is 0 Å². The van der Waals surface area contributed by atoms with E-state index in [4.69, 9.17) is 5.41 Å². The van der Waals surface area contributed by atoms with E-state index in [1.807, 2.05) is 0 Å². The number of hydrogen-bond acceptors (Lipinski definition) is 1. The quantitative estimate of drug-likeness (QED) is 0.504. The number of nitrogens with one attached hydrogen (secondary N) is 1. The van der Waals surface area contributed by atoms with Crippen molar-refractivity contribution >= 4 is 5.71 Å². The van der Waals surface area contributed by atoms with E-state index in [-0.39, 0.29) is 0 Å². The van der Waals surface area contributed by atoms with E-state index in [1.54, 1.807) is 0 Å². The van der Waals surface area contributed by atoms with Gasteiger partial charge in [0.25, 0.3) is 0 Å². The molecule has 4 atom stereocenters. The average Bonchev–Trinajstić information content (AvgIpc) is 2.01. The Labute approximate surface area is 55.0 Å². The molecule has 0 radical (unpaired) electrons. The van der Waals surface area contributed by atoms with Gasteiger partial charge in [-0.05, 0) is 37.0 Å². The van der Waals surface area contributed by atoms with Gasteiger partial charge in [0, 0.05) is 11.6 Å². The highest BCUT2D eigenvalue weighted by atomic mass is 14.7. The molecule has 0 bridgehead atoms. The third-order valence-corrected chi connectivity index (χ3v) is 3.65. The molecule has 3 fully saturated rings. The van der Waals surface area contributed by atoms with Crippen molar-refractivity contribution in [3.63, 3.8) is 0 Å². The van der Waals surface area contributed by atoms with Crippen molar-refractivity contribution in [1.82, 2.24) is 0 Å². The Bertz CT molecular complexity index is 185. The van der Waals surface area contributed by atoms with E-state index in [9.17, 15) is 0 Å². The van der Waals surface area contributed by atoms with Gasteiger partial charge in [0.2, 0.25) is 0 Å². The second kappa shape index (κ2) is 1.09. The maximum absolute atomic E-state index is 7.59. The summed E-state index contributed by atoms with van der Waals surface area (Å²) in [5.41, 5.74) is 1.08. The highest BCUT2D eigenvalue weighted by Crippen LogP contribution is 2.64. The molecular weight excluding hydrogens is 110 g/mol. The molecule has 3 aliphatic carbocycles. The summed E-state index contributed by atoms with van der Waals surface area (Å²) in [4.78, 5) is 0. The Morgan fingerprint density at radius 3 is 2.67 bits per heavy atom. The molecule has 0 aromatic heterocycles. The summed E-state index contributed by atoms with van der Waals surface area (Å²) < 4.78 is 0. The summed E-state index contributed by atoms with van der Waals surface area (Å²) in [6.45, 7) is 0. The second-order valence-electron chi connectivity index (χ2n) is 3.90. The minimum Gasteiger partial charge on any atom is -0.309 e. The summed E-state index contributed by atoms with van der Waals surface area (Å²) in [7, 11) is 0. The molecule has 1 heteroatoms. The largest absolute Gasteiger partial charge is 0.309 e. The van der Waals surface area contributed by atoms with E-state index in [0.29, 0.717) is 0 Å². The molecular formula is C8H11N. The Kier molecular flexibility index (Phi) is 0.544. The zero-order valence-electron chi connectivity index (χ0n) is 5.43. The fraction of sp³-hybridized carbons (Fsp3) is 0.875. The molecule has 3 aliphatic rings. The van der Waals surface area contributed by atoms with Crippen molar-refractivity contribution in [1.29, 1.82) is 5.41 Å². The van der Waals surface area contributed by atoms with Gasteiger partial charge in [0.05, 0.1) is 0 Å². The van der Waals surface area contributed by atoms with Crippen LogP contribution in [0, 0.1) is 29.1 Å². The Morgan fingerprint density at radius 1 is 1.22 bits per heavy atom. The van der Waals surface area contributed by atoms with Crippen LogP contribution in [0.4, 0.5) is 0 Å². The van der Waals surface area contributed by atoms with Crippen LogP contribution in [-0.4, -0.2) is 5.71 Å². The molecule has 3 saturated carbocycles. The fourth-order valence-electron chi connectivity index (χ4n) is 3.12. The SMILES string of the molecule is N=C1CC2CC3CC1C23. The van der Waals surface area contributed by atoms with Crippen molar-refractivity contribution in [2.24, 2.45) is 23.7 Å². The van der Waals surface area contributed by atoms with Crippen LogP contribution in [0.2, 0.25) is 0 Å². The lowest BCUT2D eigenvalue weighted by Gasteiger charge is -2.52. The van der Waals surface area contributed by atoms with Crippen molar-refractivity contribution < 1.29 is 0 Å². The third-order valence-electron chi connectivity index (χ3n) is 3.65. The molecule has 1 N–H and O–H groups in total. The molecule has 0 amide bonds. The summed E-state index contributed by atoms with van der Waals surface area (Å²) in [5, 5.41) is 7.59. The predicted octanol–water partition coefficient (Wildman–Crippen LogP) is 1.68. The monoisotopic (exact) mass is 121 g/mol. The molecule has 0 heterocycles. The summed E-state index contributed by atoms with van der Waals surface area (Å²) in [6, 6.07) is 0. The van der Waals surface area contributed by atoms with Crippen molar-refractivity contribution in [3.05, 3.63) is 0 Å². The van der Waals surface area contributed by atoms with Crippen LogP contribution in [0.5, 0.6) is 0 Å². The van der Waals surface area contributed by atoms with Crippen molar-refractivity contribution in [3.8, 4) is 0 Å². The standard InChI is InChI=1S/C8H11N/c9-7-3-5-1-4-2-6(7)8(4)5/h4-6,8-9H,1-3H2. The minimum absolute atomic E-state index is 0.772. The van der Waals surface area contributed by atoms with Gasteiger partial charge in [-0.3, -0.25) is 0 Å². The van der Waals surface area contributed by atoms with Crippen LogP contribution in [-0.2, 0) is 0 Å². The molecule has 0 aliphatic heterocycles. The molecule has 1 nitrogen and oxygen atoms in total. The molecule has 9 heavy (non-hydrogen) atoms. The van der Waals surface area contributed by atoms with Gasteiger partial charge < -0.3 is 5.41 Å². The van der Waals surface area contributed by atoms with Crippen LogP contribution >= 0.6 is 0 Å². The van der Waals surface area contributed by atoms with E-state index >= 15 is 0 Å². The summed E-state index contributed by atoms with van der Waals surface area (Å²) in [5.74, 6) is 3.83. The Hall–Kier alpha value is -0.330. The first kappa shape index (κ1) is 4.48. The van der Waals surface area contributed by atoms with Gasteiger partial charge in [-0.1, -0.05) is 0 Å². The van der Waals surface area contributed by atoms with E-state index in [1.165, 1.54) is 12.8 Å². The van der Waals surface area contributed by atoms with Gasteiger partial charge in [0.15, 0.2) is 0 Å². The summed E-state index contributed by atoms with van der Waals surface area (Å²) in [6.07, 6.45) is 4.00. The van der Waals surface area contributed by atoms with Gasteiger partial charge in [-0.15, -0.1) is 0 Å². The first-order chi connectivity index (χ1) is 4.36. The van der Waals surface area contributed by atoms with Gasteiger partial charge in [-0.2, -0.15) is 0 Å². The minimum atomic E-state index is 0.772. The Morgan fingerprint density at radius 2 is 2.11 bits per heavy atom. The lowest BCUT2D eigenvalue weighted by atomic mass is 9.52. The molecule has 4 unspecified atom stereocenters. The second-order valence-corrected chi connectivity index (χ2v) is 3.90. The van der Waals surface area contributed by atoms with E-state index < -0.39 is 0 Å². The van der Waals surface area contributed by atoms with Crippen molar-refractivity contribution in [2.45, 2.75) is 19.3 Å². The topological polar surface area (TPSA) is 23.9 Å². The number of rotatable bonds is 0. The third kappa shape index (κ3) is 0.322. The maximum Gasteiger partial charge on any atom is 0.0126 e. The molecule has 3 rings (SSSR count). The first-order valence-corrected chi connectivity index (χ1v) is 3.93. The maximum atomic E-state index is 7.59. The molecule has 0 aromatic carbocycles. The lowest BCUT2D eigenvalue weighted by molar-refractivity contribution is -0.0289. The fourth-order valence-corrected chi connectivity index (χ4v) is 3.12. The Balaban J connectivity index is 2.00. The van der Waals surface area contributed by atoms with Gasteiger partial charge in [0.1, 0.15) is 0 Å². The van der Waals surface area contributed by atoms with Gasteiger partial charge >= 0.3 is 0 Å². The zero-order valence-corrected chi connectivity index (χ0v) is 5.43. The van der Waals surface area contributed by atoms with E-state index in [0.717, 1.165) is 35.8 Å². The number of hydrogen-bond donors (Lipinski definition) is 1. The van der Waals surface area contributed by atoms with E-state index in [2.05, 4.69) is 0 Å². The molecule has 48 valence electrons. The molecule has 0 saturated heterocycles. The zero-order chi connectivity index (χ0) is 6.01. The highest BCUT2D eigenvalue weighted by Gasteiger charge is 2.59. The smallest absolute Gasteiger partial charge is 0.0126 e. The first-order valence-electron chi connectivity index (χ1n) is 3.93. The molecule has 0 aromatic rings. The molecule has 0 spiro atoms. The van der Waals surface area contributed by atoms with Crippen LogP contribution in [0.25, 0.3) is 0 Å². The van der Waals surface area contributed by atoms with Crippen LogP contribution in [0.15, 0.2) is 0 Å². The lowest BCUT2D eigenvalue weighted by Crippen LogP contribution is -2.47. The summed E-state index contributed by atoms with van der Waals surface area (Å²) >= 11 is 0.